The van der Waals surface area contributed by atoms with Gasteiger partial charge in [-0.1, -0.05) is 30.2 Å². The number of pyridine rings is 1. The first-order valence-electron chi connectivity index (χ1n) is 8.74. The van der Waals surface area contributed by atoms with E-state index in [1.165, 1.54) is 24.8 Å². The summed E-state index contributed by atoms with van der Waals surface area (Å²) in [6.45, 7) is 2.05. The summed E-state index contributed by atoms with van der Waals surface area (Å²) in [5, 5.41) is 0. The lowest BCUT2D eigenvalue weighted by molar-refractivity contribution is -0.142. The lowest BCUT2D eigenvalue weighted by Gasteiger charge is -2.40. The number of allylic oxidation sites excluding steroid dienone is 2. The summed E-state index contributed by atoms with van der Waals surface area (Å²) in [5.41, 5.74) is 2.47. The zero-order valence-electron chi connectivity index (χ0n) is 13.5. The minimum Gasteiger partial charge on any atom is -0.462 e. The summed E-state index contributed by atoms with van der Waals surface area (Å²) in [5.74, 6) is 1.14. The van der Waals surface area contributed by atoms with Gasteiger partial charge in [0, 0.05) is 12.1 Å². The van der Waals surface area contributed by atoms with E-state index in [-0.39, 0.29) is 23.9 Å². The van der Waals surface area contributed by atoms with E-state index >= 15 is 0 Å². The van der Waals surface area contributed by atoms with Crippen LogP contribution < -0.4 is 0 Å². The fourth-order valence-electron chi connectivity index (χ4n) is 4.68. The topological polar surface area (TPSA) is 39.2 Å². The molecule has 0 N–H and O–H groups in total. The number of hydrogen-bond donors (Lipinski definition) is 0. The second kappa shape index (κ2) is 5.95. The van der Waals surface area contributed by atoms with E-state index in [2.05, 4.69) is 23.2 Å². The third-order valence-corrected chi connectivity index (χ3v) is 5.72. The Hall–Kier alpha value is -1.90. The lowest BCUT2D eigenvalue weighted by atomic mass is 9.62. The van der Waals surface area contributed by atoms with E-state index in [1.54, 1.807) is 0 Å². The van der Waals surface area contributed by atoms with Crippen molar-refractivity contribution in [2.24, 2.45) is 23.7 Å². The van der Waals surface area contributed by atoms with Crippen LogP contribution in [-0.2, 0) is 9.53 Å². The smallest absolute Gasteiger partial charge is 0.313 e. The maximum Gasteiger partial charge on any atom is 0.313 e. The number of carbonyl (C=O) groups excluding carboxylic acids is 1. The molecule has 3 nitrogen and oxygen atoms in total. The number of aromatic nitrogens is 1. The van der Waals surface area contributed by atoms with E-state index < -0.39 is 0 Å². The first kappa shape index (κ1) is 14.7. The summed E-state index contributed by atoms with van der Waals surface area (Å²) >= 11 is 0. The van der Waals surface area contributed by atoms with E-state index in [0.717, 1.165) is 12.1 Å². The monoisotopic (exact) mass is 309 g/mol. The highest BCUT2D eigenvalue weighted by molar-refractivity contribution is 5.78. The van der Waals surface area contributed by atoms with Gasteiger partial charge in [-0.3, -0.25) is 9.78 Å². The molecule has 0 unspecified atom stereocenters. The third kappa shape index (κ3) is 2.62. The zero-order chi connectivity index (χ0) is 15.8. The van der Waals surface area contributed by atoms with Gasteiger partial charge in [-0.05, 0) is 56.2 Å². The van der Waals surface area contributed by atoms with Gasteiger partial charge < -0.3 is 4.74 Å². The maximum absolute atomic E-state index is 12.2. The van der Waals surface area contributed by atoms with Crippen molar-refractivity contribution in [1.82, 2.24) is 4.98 Å². The molecule has 0 bridgehead atoms. The molecule has 23 heavy (non-hydrogen) atoms. The molecule has 120 valence electrons. The molecule has 2 heterocycles. The van der Waals surface area contributed by atoms with Crippen molar-refractivity contribution in [3.05, 3.63) is 47.8 Å². The van der Waals surface area contributed by atoms with Gasteiger partial charge in [0.15, 0.2) is 0 Å². The van der Waals surface area contributed by atoms with E-state index in [4.69, 9.17) is 4.74 Å². The van der Waals surface area contributed by atoms with Gasteiger partial charge in [0.2, 0.25) is 0 Å². The van der Waals surface area contributed by atoms with Crippen LogP contribution in [0, 0.1) is 23.7 Å². The number of esters is 1. The summed E-state index contributed by atoms with van der Waals surface area (Å²) in [6, 6.07) is 5.96. The highest BCUT2D eigenvalue weighted by atomic mass is 16.6. The van der Waals surface area contributed by atoms with Gasteiger partial charge in [-0.2, -0.15) is 0 Å². The van der Waals surface area contributed by atoms with Crippen LogP contribution in [0.5, 0.6) is 0 Å². The minimum atomic E-state index is -0.0484. The molecule has 4 rings (SSSR count). The highest BCUT2D eigenvalue weighted by Gasteiger charge is 2.50. The fourth-order valence-corrected chi connectivity index (χ4v) is 4.68. The number of ether oxygens (including phenoxy) is 1. The molecule has 1 saturated heterocycles. The molecular formula is C20H23NO2. The average Bonchev–Trinajstić information content (AvgIpc) is 2.87. The van der Waals surface area contributed by atoms with Gasteiger partial charge in [0.05, 0.1) is 11.6 Å². The van der Waals surface area contributed by atoms with Crippen LogP contribution in [0.4, 0.5) is 0 Å². The van der Waals surface area contributed by atoms with Crippen molar-refractivity contribution in [3.63, 3.8) is 0 Å². The third-order valence-electron chi connectivity index (χ3n) is 5.72. The van der Waals surface area contributed by atoms with Gasteiger partial charge >= 0.3 is 5.97 Å². The molecular weight excluding hydrogens is 286 g/mol. The molecule has 3 heteroatoms. The predicted octanol–water partition coefficient (Wildman–Crippen LogP) is 4.02. The average molecular weight is 309 g/mol. The van der Waals surface area contributed by atoms with Crippen LogP contribution in [0.1, 0.15) is 38.3 Å². The molecule has 0 radical (unpaired) electrons. The highest BCUT2D eigenvalue weighted by Crippen LogP contribution is 2.50. The standard InChI is InChI=1S/C20H23NO2/c1-13-19-17(10-9-15-7-4-5-11-21-15)16-8-3-2-6-14(16)12-18(19)20(22)23-13/h4-5,7,9-13,16-19H,2-3,6,8H2,1H3/b10-9+/t13-,16-,17+,18-,19+/m1/s1. The van der Waals surface area contributed by atoms with Crippen molar-refractivity contribution in [1.29, 1.82) is 0 Å². The van der Waals surface area contributed by atoms with Crippen molar-refractivity contribution >= 4 is 12.0 Å². The zero-order valence-corrected chi connectivity index (χ0v) is 13.5. The Bertz CT molecular complexity index is 649. The van der Waals surface area contributed by atoms with Crippen molar-refractivity contribution < 1.29 is 9.53 Å². The molecule has 1 aromatic rings. The number of rotatable bonds is 2. The Morgan fingerprint density at radius 3 is 3.04 bits per heavy atom. The molecule has 0 aromatic carbocycles. The first-order chi connectivity index (χ1) is 11.2. The van der Waals surface area contributed by atoms with Crippen molar-refractivity contribution in [3.8, 4) is 0 Å². The first-order valence-corrected chi connectivity index (χ1v) is 8.74. The van der Waals surface area contributed by atoms with Crippen molar-refractivity contribution in [2.75, 3.05) is 0 Å². The molecule has 5 atom stereocenters. The predicted molar refractivity (Wildman–Crippen MR) is 89.3 cm³/mol. The SMILES string of the molecule is C[C@H]1OC(=O)[C@@H]2C=C3CCCC[C@H]3[C@H](/C=C/c3ccccn3)[C@H]12. The summed E-state index contributed by atoms with van der Waals surface area (Å²) in [7, 11) is 0. The molecule has 1 aliphatic heterocycles. The summed E-state index contributed by atoms with van der Waals surface area (Å²) in [6.07, 6.45) is 13.4. The molecule has 2 aliphatic carbocycles. The Morgan fingerprint density at radius 1 is 1.30 bits per heavy atom. The number of fused-ring (bicyclic) bond motifs is 2. The maximum atomic E-state index is 12.2. The van der Waals surface area contributed by atoms with E-state index in [0.29, 0.717) is 11.8 Å². The Morgan fingerprint density at radius 2 is 2.22 bits per heavy atom. The molecule has 0 spiro atoms. The normalized spacial score (nSPS) is 36.3. The summed E-state index contributed by atoms with van der Waals surface area (Å²) in [4.78, 5) is 16.6. The lowest BCUT2D eigenvalue weighted by Crippen LogP contribution is -2.37. The van der Waals surface area contributed by atoms with E-state index in [1.807, 2.05) is 31.3 Å². The van der Waals surface area contributed by atoms with Crippen LogP contribution in [0.3, 0.4) is 0 Å². The fraction of sp³-hybridized carbons (Fsp3) is 0.500. The van der Waals surface area contributed by atoms with Gasteiger partial charge in [-0.25, -0.2) is 0 Å². The number of hydrogen-bond acceptors (Lipinski definition) is 3. The molecule has 3 aliphatic rings. The second-order valence-corrected chi connectivity index (χ2v) is 7.03. The second-order valence-electron chi connectivity index (χ2n) is 7.03. The van der Waals surface area contributed by atoms with Gasteiger partial charge in [0.25, 0.3) is 0 Å². The Labute approximate surface area is 137 Å². The molecule has 2 fully saturated rings. The molecule has 1 aromatic heterocycles. The van der Waals surface area contributed by atoms with E-state index in [9.17, 15) is 4.79 Å². The largest absolute Gasteiger partial charge is 0.462 e. The quantitative estimate of drug-likeness (QED) is 0.612. The van der Waals surface area contributed by atoms with Crippen LogP contribution >= 0.6 is 0 Å². The Balaban J connectivity index is 1.68. The van der Waals surface area contributed by atoms with Gasteiger partial charge in [0.1, 0.15) is 6.10 Å². The molecule has 0 amide bonds. The number of cyclic esters (lactones) is 1. The Kier molecular flexibility index (Phi) is 3.80. The van der Waals surface area contributed by atoms with Crippen molar-refractivity contribution in [2.45, 2.75) is 38.7 Å². The number of carbonyl (C=O) groups is 1. The van der Waals surface area contributed by atoms with Gasteiger partial charge in [-0.15, -0.1) is 0 Å². The van der Waals surface area contributed by atoms with Crippen LogP contribution in [0.25, 0.3) is 6.08 Å². The van der Waals surface area contributed by atoms with Crippen LogP contribution in [0.15, 0.2) is 42.1 Å². The summed E-state index contributed by atoms with van der Waals surface area (Å²) < 4.78 is 5.56. The minimum absolute atomic E-state index is 0.00519. The van der Waals surface area contributed by atoms with Crippen LogP contribution in [-0.4, -0.2) is 17.1 Å². The van der Waals surface area contributed by atoms with Crippen LogP contribution in [0.2, 0.25) is 0 Å². The number of nitrogens with zero attached hydrogens (tertiary/aromatic N) is 1. The molecule has 1 saturated carbocycles.